The highest BCUT2D eigenvalue weighted by molar-refractivity contribution is 5.94. The first kappa shape index (κ1) is 23.6. The van der Waals surface area contributed by atoms with Gasteiger partial charge in [0.2, 0.25) is 6.41 Å². The van der Waals surface area contributed by atoms with Crippen molar-refractivity contribution in [1.29, 1.82) is 5.26 Å². The number of carbonyl (C=O) groups is 2. The molecule has 1 aliphatic heterocycles. The molecule has 10 heteroatoms. The maximum absolute atomic E-state index is 11.7. The highest BCUT2D eigenvalue weighted by Gasteiger charge is 2.31. The van der Waals surface area contributed by atoms with Crippen LogP contribution in [-0.4, -0.2) is 56.8 Å². The predicted octanol–water partition coefficient (Wildman–Crippen LogP) is 1.11. The minimum Gasteiger partial charge on any atom is -0.480 e. The predicted molar refractivity (Wildman–Crippen MR) is 125 cm³/mol. The number of benzene rings is 1. The number of rotatable bonds is 10. The number of carbonyl (C=O) groups excluding carboxylic acids is 2. The topological polar surface area (TPSA) is 143 Å². The summed E-state index contributed by atoms with van der Waals surface area (Å²) in [4.78, 5) is 29.1. The number of anilines is 2. The van der Waals surface area contributed by atoms with Crippen molar-refractivity contribution < 1.29 is 19.1 Å². The third-order valence-corrected chi connectivity index (χ3v) is 6.33. The van der Waals surface area contributed by atoms with E-state index < -0.39 is 0 Å². The molecule has 0 fully saturated rings. The van der Waals surface area contributed by atoms with Gasteiger partial charge in [-0.25, -0.2) is 4.98 Å². The number of ether oxygens (including phenoxy) is 2. The van der Waals surface area contributed by atoms with Crippen molar-refractivity contribution in [1.82, 2.24) is 10.3 Å². The first-order chi connectivity index (χ1) is 16.5. The number of fused-ring (bicyclic) bond motifs is 2. The Morgan fingerprint density at radius 1 is 1.44 bits per heavy atom. The number of pyridine rings is 1. The van der Waals surface area contributed by atoms with Gasteiger partial charge in [0.1, 0.15) is 5.82 Å². The lowest BCUT2D eigenvalue weighted by molar-refractivity contribution is -0.118. The van der Waals surface area contributed by atoms with Gasteiger partial charge in [0, 0.05) is 19.7 Å². The van der Waals surface area contributed by atoms with Crippen LogP contribution in [0, 0.1) is 17.2 Å². The molecule has 0 bridgehead atoms. The Labute approximate surface area is 198 Å². The Hall–Kier alpha value is -3.52. The van der Waals surface area contributed by atoms with E-state index >= 15 is 0 Å². The summed E-state index contributed by atoms with van der Waals surface area (Å²) in [6, 6.07) is 11.2. The zero-order valence-corrected chi connectivity index (χ0v) is 19.0. The average Bonchev–Trinajstić information content (AvgIpc) is 3.18. The van der Waals surface area contributed by atoms with Gasteiger partial charge in [-0.05, 0) is 54.6 Å². The fraction of sp³-hybridized carbons (Fsp3) is 0.417. The van der Waals surface area contributed by atoms with Crippen LogP contribution in [0.2, 0.25) is 0 Å². The Kier molecular flexibility index (Phi) is 7.37. The van der Waals surface area contributed by atoms with Crippen LogP contribution in [0.15, 0.2) is 30.3 Å². The molecule has 0 saturated heterocycles. The summed E-state index contributed by atoms with van der Waals surface area (Å²) in [5.74, 6) is 1.09. The van der Waals surface area contributed by atoms with Crippen molar-refractivity contribution in [2.75, 3.05) is 43.6 Å². The van der Waals surface area contributed by atoms with E-state index in [9.17, 15) is 14.9 Å². The standard InChI is InChI=1S/C24H28N6O4/c1-33-17(12-30(14-31)21-6-5-20-24(28-21)29-22(32)13-34-20)7-8-27-11-16-9-19-15(10-25)3-2-4-18(19)23(16)26/h2-6,14,16-17,23,27H,7-9,11-13,26H2,1H3,(H,28,29,32). The lowest BCUT2D eigenvalue weighted by atomic mass is 10.0. The molecule has 4 rings (SSSR count). The average molecular weight is 465 g/mol. The van der Waals surface area contributed by atoms with Crippen molar-refractivity contribution in [2.24, 2.45) is 11.7 Å². The highest BCUT2D eigenvalue weighted by Crippen LogP contribution is 2.35. The molecule has 3 unspecified atom stereocenters. The van der Waals surface area contributed by atoms with E-state index in [1.165, 1.54) is 4.90 Å². The fourth-order valence-electron chi connectivity index (χ4n) is 4.45. The van der Waals surface area contributed by atoms with Gasteiger partial charge in [0.05, 0.1) is 24.3 Å². The summed E-state index contributed by atoms with van der Waals surface area (Å²) in [6.45, 7) is 1.65. The van der Waals surface area contributed by atoms with Crippen LogP contribution in [0.4, 0.5) is 11.6 Å². The minimum absolute atomic E-state index is 0.0541. The molecule has 3 atom stereocenters. The van der Waals surface area contributed by atoms with Crippen LogP contribution in [-0.2, 0) is 20.7 Å². The summed E-state index contributed by atoms with van der Waals surface area (Å²) in [6.07, 6.45) is 1.93. The van der Waals surface area contributed by atoms with E-state index in [-0.39, 0.29) is 30.6 Å². The first-order valence-corrected chi connectivity index (χ1v) is 11.2. The summed E-state index contributed by atoms with van der Waals surface area (Å²) in [5.41, 5.74) is 9.24. The summed E-state index contributed by atoms with van der Waals surface area (Å²) < 4.78 is 10.9. The molecule has 1 aromatic heterocycles. The van der Waals surface area contributed by atoms with Crippen LogP contribution >= 0.6 is 0 Å². The maximum atomic E-state index is 11.7. The smallest absolute Gasteiger partial charge is 0.263 e. The molecule has 2 aromatic rings. The van der Waals surface area contributed by atoms with E-state index in [2.05, 4.69) is 21.7 Å². The number of nitriles is 1. The second kappa shape index (κ2) is 10.6. The van der Waals surface area contributed by atoms with Crippen molar-refractivity contribution in [3.05, 3.63) is 47.0 Å². The van der Waals surface area contributed by atoms with Crippen molar-refractivity contribution in [3.63, 3.8) is 0 Å². The largest absolute Gasteiger partial charge is 0.480 e. The zero-order valence-electron chi connectivity index (χ0n) is 19.0. The lowest BCUT2D eigenvalue weighted by Gasteiger charge is -2.25. The number of hydrogen-bond donors (Lipinski definition) is 3. The third-order valence-electron chi connectivity index (χ3n) is 6.33. The molecule has 2 heterocycles. The molecular formula is C24H28N6O4. The number of nitrogens with one attached hydrogen (secondary N) is 2. The van der Waals surface area contributed by atoms with Crippen LogP contribution < -0.4 is 26.0 Å². The Morgan fingerprint density at radius 2 is 2.29 bits per heavy atom. The van der Waals surface area contributed by atoms with Crippen molar-refractivity contribution in [2.45, 2.75) is 25.0 Å². The molecule has 1 aromatic carbocycles. The molecule has 10 nitrogen and oxygen atoms in total. The SMILES string of the molecule is COC(CCNCC1Cc2c(C#N)cccc2C1N)CN(C=O)c1ccc2c(n1)NC(=O)CO2. The number of nitrogens with two attached hydrogens (primary N) is 1. The van der Waals surface area contributed by atoms with Gasteiger partial charge in [0.25, 0.3) is 5.91 Å². The van der Waals surface area contributed by atoms with Crippen LogP contribution in [0.25, 0.3) is 0 Å². The molecule has 0 saturated carbocycles. The second-order valence-corrected chi connectivity index (χ2v) is 8.44. The lowest BCUT2D eigenvalue weighted by Crippen LogP contribution is -2.36. The van der Waals surface area contributed by atoms with E-state index in [1.54, 1.807) is 19.2 Å². The molecular weight excluding hydrogens is 436 g/mol. The van der Waals surface area contributed by atoms with E-state index in [1.807, 2.05) is 18.2 Å². The summed E-state index contributed by atoms with van der Waals surface area (Å²) >= 11 is 0. The van der Waals surface area contributed by atoms with Gasteiger partial charge >= 0.3 is 0 Å². The molecule has 2 amide bonds. The van der Waals surface area contributed by atoms with Gasteiger partial charge in [-0.2, -0.15) is 5.26 Å². The monoisotopic (exact) mass is 464 g/mol. The van der Waals surface area contributed by atoms with Crippen LogP contribution in [0.3, 0.4) is 0 Å². The number of nitrogens with zero attached hydrogens (tertiary/aromatic N) is 3. The van der Waals surface area contributed by atoms with Gasteiger partial charge in [-0.3, -0.25) is 14.5 Å². The van der Waals surface area contributed by atoms with E-state index in [0.29, 0.717) is 48.9 Å². The fourth-order valence-corrected chi connectivity index (χ4v) is 4.45. The molecule has 0 radical (unpaired) electrons. The van der Waals surface area contributed by atoms with Crippen LogP contribution in [0.5, 0.6) is 5.75 Å². The second-order valence-electron chi connectivity index (χ2n) is 8.44. The Balaban J connectivity index is 1.28. The molecule has 34 heavy (non-hydrogen) atoms. The Morgan fingerprint density at radius 3 is 3.06 bits per heavy atom. The van der Waals surface area contributed by atoms with Gasteiger partial charge < -0.3 is 25.8 Å². The molecule has 0 spiro atoms. The maximum Gasteiger partial charge on any atom is 0.263 e. The highest BCUT2D eigenvalue weighted by atomic mass is 16.5. The summed E-state index contributed by atoms with van der Waals surface area (Å²) in [7, 11) is 1.61. The number of amides is 2. The number of methoxy groups -OCH3 is 1. The van der Waals surface area contributed by atoms with Crippen LogP contribution in [0.1, 0.15) is 29.2 Å². The molecule has 1 aliphatic carbocycles. The quantitative estimate of drug-likeness (QED) is 0.351. The van der Waals surface area contributed by atoms with E-state index in [4.69, 9.17) is 15.2 Å². The molecule has 2 aliphatic rings. The van der Waals surface area contributed by atoms with Crippen molar-refractivity contribution in [3.8, 4) is 11.8 Å². The van der Waals surface area contributed by atoms with E-state index in [0.717, 1.165) is 24.1 Å². The van der Waals surface area contributed by atoms with Crippen molar-refractivity contribution >= 4 is 24.0 Å². The number of aromatic nitrogens is 1. The normalized spacial score (nSPS) is 19.3. The van der Waals surface area contributed by atoms with Gasteiger partial charge in [-0.15, -0.1) is 0 Å². The molecule has 178 valence electrons. The third kappa shape index (κ3) is 5.02. The Bertz CT molecular complexity index is 1100. The zero-order chi connectivity index (χ0) is 24.1. The first-order valence-electron chi connectivity index (χ1n) is 11.2. The number of hydrogen-bond acceptors (Lipinski definition) is 8. The minimum atomic E-state index is -0.287. The summed E-state index contributed by atoms with van der Waals surface area (Å²) in [5, 5.41) is 15.4. The molecule has 4 N–H and O–H groups in total. The van der Waals surface area contributed by atoms with Gasteiger partial charge in [-0.1, -0.05) is 12.1 Å². The van der Waals surface area contributed by atoms with Gasteiger partial charge in [0.15, 0.2) is 18.2 Å².